The van der Waals surface area contributed by atoms with Gasteiger partial charge in [-0.2, -0.15) is 0 Å². The van der Waals surface area contributed by atoms with Gasteiger partial charge < -0.3 is 22.8 Å². The first kappa shape index (κ1) is 21.4. The van der Waals surface area contributed by atoms with Gasteiger partial charge >= 0.3 is 15.2 Å². The molecule has 24 heavy (non-hydrogen) atoms. The van der Waals surface area contributed by atoms with Crippen molar-refractivity contribution in [2.75, 3.05) is 47.4 Å². The largest absolute Gasteiger partial charge is 0.494 e. The Labute approximate surface area is 143 Å². The van der Waals surface area contributed by atoms with Crippen LogP contribution in [0.5, 0.6) is 5.75 Å². The van der Waals surface area contributed by atoms with E-state index in [0.29, 0.717) is 13.0 Å². The normalized spacial score (nSPS) is 12.5. The summed E-state index contributed by atoms with van der Waals surface area (Å²) in [6, 6.07) is 9.34. The summed E-state index contributed by atoms with van der Waals surface area (Å²) >= 11 is 0. The lowest BCUT2D eigenvalue weighted by Gasteiger charge is -2.24. The number of hydrogen-bond donors (Lipinski definition) is 0. The highest BCUT2D eigenvalue weighted by Gasteiger charge is 2.33. The topological polar surface area (TPSA) is 80.3 Å². The van der Waals surface area contributed by atoms with Crippen LogP contribution in [0, 0.1) is 5.92 Å². The molecule has 0 atom stereocenters. The van der Waals surface area contributed by atoms with Gasteiger partial charge in [0.15, 0.2) is 0 Å². The van der Waals surface area contributed by atoms with Gasteiger partial charge in [-0.25, -0.2) is 0 Å². The van der Waals surface area contributed by atoms with Gasteiger partial charge in [-0.1, -0.05) is 18.2 Å². The highest BCUT2D eigenvalue weighted by atomic mass is 31.2. The van der Waals surface area contributed by atoms with Gasteiger partial charge in [-0.05, 0) is 24.5 Å². The molecule has 0 N–H and O–H groups in total. The Hall–Kier alpha value is -0.680. The number of para-hydroxylation sites is 1. The van der Waals surface area contributed by atoms with Crippen LogP contribution < -0.4 is 4.74 Å². The van der Waals surface area contributed by atoms with Crippen molar-refractivity contribution in [1.29, 1.82) is 0 Å². The third-order valence-corrected chi connectivity index (χ3v) is 7.77. The summed E-state index contributed by atoms with van der Waals surface area (Å²) in [5.74, 6) is 0.463. The molecule has 9 heteroatoms. The Morgan fingerprint density at radius 2 is 1.29 bits per heavy atom. The third kappa shape index (κ3) is 7.06. The first-order valence-corrected chi connectivity index (χ1v) is 10.9. The molecular weight excluding hydrogens is 354 g/mol. The van der Waals surface area contributed by atoms with Crippen molar-refractivity contribution in [3.05, 3.63) is 30.3 Å². The summed E-state index contributed by atoms with van der Waals surface area (Å²) < 4.78 is 50.4. The third-order valence-electron chi connectivity index (χ3n) is 3.61. The number of ether oxygens (including phenoxy) is 1. The maximum absolute atomic E-state index is 12.4. The van der Waals surface area contributed by atoms with Gasteiger partial charge in [0.2, 0.25) is 0 Å². The molecule has 0 heterocycles. The van der Waals surface area contributed by atoms with E-state index in [1.807, 2.05) is 30.3 Å². The SMILES string of the molecule is COP(=O)(CC(CCOc1ccccc1)CP(=O)(OC)OC)OC. The molecule has 0 spiro atoms. The van der Waals surface area contributed by atoms with Gasteiger partial charge in [0, 0.05) is 28.4 Å². The van der Waals surface area contributed by atoms with E-state index in [9.17, 15) is 9.13 Å². The average molecular weight is 380 g/mol. The first-order chi connectivity index (χ1) is 11.4. The molecule has 1 aromatic rings. The van der Waals surface area contributed by atoms with E-state index in [1.54, 1.807) is 0 Å². The molecule has 0 aliphatic carbocycles. The minimum atomic E-state index is -3.24. The molecule has 0 bridgehead atoms. The molecule has 0 radical (unpaired) electrons. The Bertz CT molecular complexity index is 520. The van der Waals surface area contributed by atoms with E-state index in [-0.39, 0.29) is 18.2 Å². The Morgan fingerprint density at radius 3 is 1.71 bits per heavy atom. The highest BCUT2D eigenvalue weighted by molar-refractivity contribution is 7.54. The lowest BCUT2D eigenvalue weighted by Crippen LogP contribution is -2.18. The minimum Gasteiger partial charge on any atom is -0.494 e. The van der Waals surface area contributed by atoms with E-state index in [4.69, 9.17) is 22.8 Å². The van der Waals surface area contributed by atoms with Gasteiger partial charge in [0.25, 0.3) is 0 Å². The second-order valence-electron chi connectivity index (χ2n) is 5.13. The Balaban J connectivity index is 2.73. The molecule has 0 saturated heterocycles. The quantitative estimate of drug-likeness (QED) is 0.506. The second-order valence-corrected chi connectivity index (χ2v) is 9.77. The maximum Gasteiger partial charge on any atom is 0.330 e. The number of rotatable bonds is 12. The van der Waals surface area contributed by atoms with E-state index < -0.39 is 15.2 Å². The van der Waals surface area contributed by atoms with Crippen LogP contribution in [0.2, 0.25) is 0 Å². The van der Waals surface area contributed by atoms with Gasteiger partial charge in [0.05, 0.1) is 18.9 Å². The fourth-order valence-electron chi connectivity index (χ4n) is 2.18. The molecule has 0 unspecified atom stereocenters. The monoisotopic (exact) mass is 380 g/mol. The average Bonchev–Trinajstić information content (AvgIpc) is 2.62. The number of hydrogen-bond acceptors (Lipinski definition) is 7. The van der Waals surface area contributed by atoms with Gasteiger partial charge in [-0.15, -0.1) is 0 Å². The first-order valence-electron chi connectivity index (χ1n) is 7.49. The van der Waals surface area contributed by atoms with Crippen molar-refractivity contribution in [2.24, 2.45) is 5.92 Å². The van der Waals surface area contributed by atoms with Gasteiger partial charge in [-0.3, -0.25) is 9.13 Å². The van der Waals surface area contributed by atoms with Crippen LogP contribution in [-0.2, 0) is 27.2 Å². The summed E-state index contributed by atoms with van der Waals surface area (Å²) in [7, 11) is -1.18. The lowest BCUT2D eigenvalue weighted by atomic mass is 10.1. The molecular formula is C15H26O7P2. The fraction of sp³-hybridized carbons (Fsp3) is 0.600. The zero-order valence-electron chi connectivity index (χ0n) is 14.5. The van der Waals surface area contributed by atoms with Gasteiger partial charge in [0.1, 0.15) is 5.75 Å². The highest BCUT2D eigenvalue weighted by Crippen LogP contribution is 2.53. The molecule has 0 saturated carbocycles. The standard InChI is InChI=1S/C15H26O7P2/c1-18-23(16,19-2)12-14(13-24(17,20-3)21-4)10-11-22-15-8-6-5-7-9-15/h5-9,14H,10-13H2,1-4H3. The van der Waals surface area contributed by atoms with Crippen LogP contribution in [0.4, 0.5) is 0 Å². The van der Waals surface area contributed by atoms with Crippen LogP contribution >= 0.6 is 15.2 Å². The predicted octanol–water partition coefficient (Wildman–Crippen LogP) is 4.04. The summed E-state index contributed by atoms with van der Waals surface area (Å²) in [6.45, 7) is 0.371. The van der Waals surface area contributed by atoms with E-state index in [2.05, 4.69) is 0 Å². The zero-order valence-corrected chi connectivity index (χ0v) is 16.3. The van der Waals surface area contributed by atoms with E-state index in [1.165, 1.54) is 28.4 Å². The summed E-state index contributed by atoms with van der Waals surface area (Å²) in [4.78, 5) is 0. The molecule has 0 aliphatic heterocycles. The van der Waals surface area contributed by atoms with Crippen molar-refractivity contribution >= 4 is 15.2 Å². The van der Waals surface area contributed by atoms with Crippen LogP contribution in [0.3, 0.4) is 0 Å². The van der Waals surface area contributed by atoms with Crippen LogP contribution in [0.15, 0.2) is 30.3 Å². The van der Waals surface area contributed by atoms with Crippen LogP contribution in [0.1, 0.15) is 6.42 Å². The second kappa shape index (κ2) is 10.3. The maximum atomic E-state index is 12.4. The molecule has 0 fully saturated rings. The van der Waals surface area contributed by atoms with Crippen molar-refractivity contribution in [2.45, 2.75) is 6.42 Å². The van der Waals surface area contributed by atoms with Crippen LogP contribution in [-0.4, -0.2) is 47.4 Å². The molecule has 138 valence electrons. The van der Waals surface area contributed by atoms with Crippen molar-refractivity contribution in [3.8, 4) is 5.75 Å². The van der Waals surface area contributed by atoms with E-state index in [0.717, 1.165) is 5.75 Å². The predicted molar refractivity (Wildman–Crippen MR) is 93.0 cm³/mol. The Morgan fingerprint density at radius 1 is 0.833 bits per heavy atom. The molecule has 7 nitrogen and oxygen atoms in total. The fourth-order valence-corrected chi connectivity index (χ4v) is 5.17. The van der Waals surface area contributed by atoms with E-state index >= 15 is 0 Å². The zero-order chi connectivity index (χ0) is 18.1. The number of benzene rings is 1. The van der Waals surface area contributed by atoms with Crippen LogP contribution in [0.25, 0.3) is 0 Å². The lowest BCUT2D eigenvalue weighted by molar-refractivity contribution is 0.247. The molecule has 1 aromatic carbocycles. The van der Waals surface area contributed by atoms with Crippen molar-refractivity contribution in [3.63, 3.8) is 0 Å². The Kier molecular flexibility index (Phi) is 9.21. The van der Waals surface area contributed by atoms with Crippen molar-refractivity contribution < 1.29 is 32.0 Å². The molecule has 0 aliphatic rings. The van der Waals surface area contributed by atoms with Crippen molar-refractivity contribution in [1.82, 2.24) is 0 Å². The molecule has 0 aromatic heterocycles. The summed E-state index contributed by atoms with van der Waals surface area (Å²) in [5.41, 5.74) is 0. The summed E-state index contributed by atoms with van der Waals surface area (Å²) in [6.07, 6.45) is 0.714. The summed E-state index contributed by atoms with van der Waals surface area (Å²) in [5, 5.41) is 0. The smallest absolute Gasteiger partial charge is 0.330 e. The minimum absolute atomic E-state index is 0.106. The molecule has 1 rings (SSSR count). The molecule has 0 amide bonds.